The minimum absolute atomic E-state index is 0.0567. The summed E-state index contributed by atoms with van der Waals surface area (Å²) in [5.41, 5.74) is 2.42. The average molecular weight is 354 g/mol. The first kappa shape index (κ1) is 14.7. The summed E-state index contributed by atoms with van der Waals surface area (Å²) >= 11 is 3.00. The van der Waals surface area contributed by atoms with Gasteiger partial charge in [-0.2, -0.15) is 0 Å². The van der Waals surface area contributed by atoms with E-state index in [1.807, 2.05) is 35.7 Å². The second kappa shape index (κ2) is 5.99. The Morgan fingerprint density at radius 2 is 1.92 bits per heavy atom. The second-order valence-corrected chi connectivity index (χ2v) is 6.85. The molecule has 4 aromatic rings. The van der Waals surface area contributed by atoms with Crippen molar-refractivity contribution in [3.05, 3.63) is 64.0 Å². The van der Waals surface area contributed by atoms with Gasteiger partial charge in [0.25, 0.3) is 5.69 Å². The monoisotopic (exact) mass is 354 g/mol. The Morgan fingerprint density at radius 3 is 2.75 bits per heavy atom. The Hall–Kier alpha value is -2.84. The fourth-order valence-corrected chi connectivity index (χ4v) is 3.91. The second-order valence-electron chi connectivity index (χ2n) is 4.96. The number of nitrogens with zero attached hydrogens (tertiary/aromatic N) is 3. The predicted molar refractivity (Wildman–Crippen MR) is 97.1 cm³/mol. The number of aromatic nitrogens is 2. The first-order valence-corrected chi connectivity index (χ1v) is 8.71. The zero-order chi connectivity index (χ0) is 16.5. The van der Waals surface area contributed by atoms with Crippen LogP contribution in [0.25, 0.3) is 21.5 Å². The van der Waals surface area contributed by atoms with E-state index in [0.29, 0.717) is 10.8 Å². The Morgan fingerprint density at radius 1 is 1.04 bits per heavy atom. The lowest BCUT2D eigenvalue weighted by Crippen LogP contribution is -1.90. The van der Waals surface area contributed by atoms with Gasteiger partial charge in [-0.3, -0.25) is 10.1 Å². The third kappa shape index (κ3) is 2.84. The Kier molecular flexibility index (Phi) is 3.68. The van der Waals surface area contributed by atoms with Gasteiger partial charge in [-0.05, 0) is 12.1 Å². The summed E-state index contributed by atoms with van der Waals surface area (Å²) in [6.45, 7) is 0. The van der Waals surface area contributed by atoms with E-state index >= 15 is 0 Å². The Balaban J connectivity index is 1.60. The molecule has 0 aliphatic rings. The van der Waals surface area contributed by atoms with Crippen LogP contribution in [0.15, 0.2) is 53.9 Å². The van der Waals surface area contributed by atoms with Crippen LogP contribution in [0.2, 0.25) is 0 Å². The number of hydrogen-bond donors (Lipinski definition) is 1. The quantitative estimate of drug-likeness (QED) is 0.409. The molecule has 0 radical (unpaired) electrons. The number of fused-ring (bicyclic) bond motifs is 1. The van der Waals surface area contributed by atoms with E-state index in [-0.39, 0.29) is 5.69 Å². The van der Waals surface area contributed by atoms with Crippen molar-refractivity contribution in [1.82, 2.24) is 9.97 Å². The summed E-state index contributed by atoms with van der Waals surface area (Å²) in [6, 6.07) is 14.4. The molecule has 0 unspecified atom stereocenters. The number of rotatable bonds is 4. The standard InChI is InChI=1S/C16H10N4O2S2/c21-20(22)11-5-3-4-10(8-11)13-9-23-15(18-13)19-16-17-12-6-1-2-7-14(12)24-16/h1-9H,(H,17,18,19). The number of nitrogens with one attached hydrogen (secondary N) is 1. The third-order valence-electron chi connectivity index (χ3n) is 3.36. The number of benzene rings is 2. The van der Waals surface area contributed by atoms with E-state index in [0.717, 1.165) is 20.9 Å². The van der Waals surface area contributed by atoms with Crippen LogP contribution >= 0.6 is 22.7 Å². The predicted octanol–water partition coefficient (Wildman–Crippen LogP) is 5.07. The normalized spacial score (nSPS) is 10.8. The van der Waals surface area contributed by atoms with E-state index < -0.39 is 4.92 Å². The van der Waals surface area contributed by atoms with Crippen molar-refractivity contribution in [1.29, 1.82) is 0 Å². The van der Waals surface area contributed by atoms with Crippen LogP contribution < -0.4 is 5.32 Å². The van der Waals surface area contributed by atoms with Gasteiger partial charge in [-0.1, -0.05) is 35.6 Å². The molecule has 2 heterocycles. The Bertz CT molecular complexity index is 1010. The molecule has 2 aromatic heterocycles. The summed E-state index contributed by atoms with van der Waals surface area (Å²) < 4.78 is 1.11. The van der Waals surface area contributed by atoms with E-state index in [9.17, 15) is 10.1 Å². The van der Waals surface area contributed by atoms with Crippen molar-refractivity contribution in [2.75, 3.05) is 5.32 Å². The smallest absolute Gasteiger partial charge is 0.270 e. The van der Waals surface area contributed by atoms with Crippen LogP contribution in [0.1, 0.15) is 0 Å². The summed E-state index contributed by atoms with van der Waals surface area (Å²) in [7, 11) is 0. The minimum Gasteiger partial charge on any atom is -0.307 e. The molecule has 0 fully saturated rings. The van der Waals surface area contributed by atoms with Gasteiger partial charge in [-0.15, -0.1) is 11.3 Å². The fourth-order valence-electron chi connectivity index (χ4n) is 2.26. The number of anilines is 2. The highest BCUT2D eigenvalue weighted by atomic mass is 32.1. The molecule has 2 aromatic carbocycles. The van der Waals surface area contributed by atoms with Crippen LogP contribution in [0.3, 0.4) is 0 Å². The lowest BCUT2D eigenvalue weighted by atomic mass is 10.1. The van der Waals surface area contributed by atoms with Crippen LogP contribution in [-0.4, -0.2) is 14.9 Å². The number of hydrogen-bond acceptors (Lipinski definition) is 7. The number of nitro benzene ring substituents is 1. The molecule has 24 heavy (non-hydrogen) atoms. The molecule has 8 heteroatoms. The van der Waals surface area contributed by atoms with Crippen molar-refractivity contribution in [3.63, 3.8) is 0 Å². The summed E-state index contributed by atoms with van der Waals surface area (Å²) in [5, 5.41) is 17.4. The lowest BCUT2D eigenvalue weighted by Gasteiger charge is -1.97. The molecule has 0 atom stereocenters. The maximum Gasteiger partial charge on any atom is 0.270 e. The zero-order valence-electron chi connectivity index (χ0n) is 12.2. The van der Waals surface area contributed by atoms with Crippen LogP contribution in [-0.2, 0) is 0 Å². The van der Waals surface area contributed by atoms with Crippen molar-refractivity contribution < 1.29 is 4.92 Å². The number of non-ortho nitro benzene ring substituents is 1. The maximum atomic E-state index is 10.9. The van der Waals surface area contributed by atoms with Gasteiger partial charge in [0.2, 0.25) is 0 Å². The summed E-state index contributed by atoms with van der Waals surface area (Å²) in [5.74, 6) is 0. The van der Waals surface area contributed by atoms with Crippen molar-refractivity contribution >= 4 is 48.8 Å². The van der Waals surface area contributed by atoms with Crippen LogP contribution in [0, 0.1) is 10.1 Å². The summed E-state index contributed by atoms with van der Waals surface area (Å²) in [4.78, 5) is 19.5. The highest BCUT2D eigenvalue weighted by Gasteiger charge is 2.11. The van der Waals surface area contributed by atoms with Gasteiger partial charge in [0.1, 0.15) is 0 Å². The van der Waals surface area contributed by atoms with Crippen molar-refractivity contribution in [2.45, 2.75) is 0 Å². The minimum atomic E-state index is -0.407. The largest absolute Gasteiger partial charge is 0.307 e. The van der Waals surface area contributed by atoms with Crippen molar-refractivity contribution in [3.8, 4) is 11.3 Å². The topological polar surface area (TPSA) is 81.0 Å². The van der Waals surface area contributed by atoms with Gasteiger partial charge in [-0.25, -0.2) is 9.97 Å². The average Bonchev–Trinajstić information content (AvgIpc) is 3.21. The Labute approximate surface area is 144 Å². The first-order chi connectivity index (χ1) is 11.7. The number of para-hydroxylation sites is 1. The molecule has 1 N–H and O–H groups in total. The molecule has 0 spiro atoms. The number of thiazole rings is 2. The van der Waals surface area contributed by atoms with Crippen LogP contribution in [0.5, 0.6) is 0 Å². The molecule has 118 valence electrons. The highest BCUT2D eigenvalue weighted by molar-refractivity contribution is 7.22. The molecule has 6 nitrogen and oxygen atoms in total. The van der Waals surface area contributed by atoms with Gasteiger partial charge in [0.05, 0.1) is 20.8 Å². The summed E-state index contributed by atoms with van der Waals surface area (Å²) in [6.07, 6.45) is 0. The van der Waals surface area contributed by atoms with E-state index in [1.165, 1.54) is 23.5 Å². The molecule has 0 bridgehead atoms. The van der Waals surface area contributed by atoms with E-state index in [1.54, 1.807) is 17.4 Å². The SMILES string of the molecule is O=[N+]([O-])c1cccc(-c2csc(Nc3nc4ccccc4s3)n2)c1. The molecule has 0 saturated heterocycles. The highest BCUT2D eigenvalue weighted by Crippen LogP contribution is 2.32. The van der Waals surface area contributed by atoms with Crippen molar-refractivity contribution in [2.24, 2.45) is 0 Å². The zero-order valence-corrected chi connectivity index (χ0v) is 13.8. The van der Waals surface area contributed by atoms with Gasteiger partial charge in [0.15, 0.2) is 10.3 Å². The molecule has 0 amide bonds. The molecular formula is C16H10N4O2S2. The molecular weight excluding hydrogens is 344 g/mol. The van der Waals surface area contributed by atoms with Gasteiger partial charge in [0, 0.05) is 23.1 Å². The molecule has 0 saturated carbocycles. The molecule has 4 rings (SSSR count). The number of nitro groups is 1. The van der Waals surface area contributed by atoms with Gasteiger partial charge >= 0.3 is 0 Å². The third-order valence-corrected chi connectivity index (χ3v) is 5.07. The molecule has 0 aliphatic carbocycles. The first-order valence-electron chi connectivity index (χ1n) is 7.02. The molecule has 0 aliphatic heterocycles. The van der Waals surface area contributed by atoms with E-state index in [2.05, 4.69) is 15.3 Å². The van der Waals surface area contributed by atoms with E-state index in [4.69, 9.17) is 0 Å². The van der Waals surface area contributed by atoms with Crippen LogP contribution in [0.4, 0.5) is 16.0 Å². The fraction of sp³-hybridized carbons (Fsp3) is 0. The van der Waals surface area contributed by atoms with Gasteiger partial charge < -0.3 is 5.32 Å². The maximum absolute atomic E-state index is 10.9. The lowest BCUT2D eigenvalue weighted by molar-refractivity contribution is -0.384.